The van der Waals surface area contributed by atoms with Crippen LogP contribution in [0.4, 0.5) is 4.79 Å². The summed E-state index contributed by atoms with van der Waals surface area (Å²) in [4.78, 5) is 29.9. The van der Waals surface area contributed by atoms with E-state index in [0.29, 0.717) is 42.7 Å². The molecule has 1 unspecified atom stereocenters. The van der Waals surface area contributed by atoms with Gasteiger partial charge in [0.25, 0.3) is 5.91 Å². The Morgan fingerprint density at radius 3 is 2.61 bits per heavy atom. The topological polar surface area (TPSA) is 65.8 Å². The minimum absolute atomic E-state index is 0.0341. The Morgan fingerprint density at radius 1 is 1.14 bits per heavy atom. The average Bonchev–Trinajstić information content (AvgIpc) is 3.14. The lowest BCUT2D eigenvalue weighted by molar-refractivity contribution is 0.0631. The van der Waals surface area contributed by atoms with E-state index in [1.807, 2.05) is 25.1 Å². The Balaban J connectivity index is 1.35. The molecule has 2 aliphatic rings. The van der Waals surface area contributed by atoms with E-state index in [-0.39, 0.29) is 18.0 Å². The van der Waals surface area contributed by atoms with E-state index in [9.17, 15) is 9.59 Å². The van der Waals surface area contributed by atoms with Gasteiger partial charge in [-0.25, -0.2) is 4.79 Å². The van der Waals surface area contributed by atoms with Crippen LogP contribution in [0.2, 0.25) is 5.02 Å². The van der Waals surface area contributed by atoms with Crippen LogP contribution >= 0.6 is 23.4 Å². The summed E-state index contributed by atoms with van der Waals surface area (Å²) in [7, 11) is 0. The van der Waals surface area contributed by atoms with Gasteiger partial charge in [-0.15, -0.1) is 11.8 Å². The maximum atomic E-state index is 12.8. The predicted octanol–water partition coefficient (Wildman–Crippen LogP) is 3.95. The molecule has 0 radical (unpaired) electrons. The molecular formula is C20H22ClN3O3S. The number of furan rings is 1. The van der Waals surface area contributed by atoms with Gasteiger partial charge in [0.05, 0.1) is 6.04 Å². The highest BCUT2D eigenvalue weighted by Crippen LogP contribution is 2.37. The number of aryl methyl sites for hydroxylation is 1. The summed E-state index contributed by atoms with van der Waals surface area (Å²) < 4.78 is 5.42. The summed E-state index contributed by atoms with van der Waals surface area (Å²) in [6, 6.07) is 9.19. The van der Waals surface area contributed by atoms with Crippen molar-refractivity contribution in [1.29, 1.82) is 0 Å². The lowest BCUT2D eigenvalue weighted by Gasteiger charge is -2.36. The third kappa shape index (κ3) is 4.00. The first kappa shape index (κ1) is 19.2. The van der Waals surface area contributed by atoms with Crippen molar-refractivity contribution >= 4 is 35.3 Å². The molecule has 0 spiro atoms. The van der Waals surface area contributed by atoms with Gasteiger partial charge in [0.2, 0.25) is 0 Å². The fourth-order valence-electron chi connectivity index (χ4n) is 3.57. The molecule has 1 aromatic heterocycles. The number of halogens is 1. The van der Waals surface area contributed by atoms with Crippen molar-refractivity contribution in [2.45, 2.75) is 24.3 Å². The average molecular weight is 420 g/mol. The lowest BCUT2D eigenvalue weighted by Crippen LogP contribution is -2.53. The molecule has 28 heavy (non-hydrogen) atoms. The van der Waals surface area contributed by atoms with E-state index in [0.717, 1.165) is 17.7 Å². The van der Waals surface area contributed by atoms with Gasteiger partial charge >= 0.3 is 6.03 Å². The maximum Gasteiger partial charge on any atom is 0.318 e. The standard InChI is InChI=1S/C20H22ClN3O3S/c1-13-2-4-17(27-13)19(25)23-7-9-24(10-8-23)20(26)22-16-6-11-28-18-5-3-14(21)12-15(16)18/h2-5,12,16H,6-11H2,1H3,(H,22,26). The summed E-state index contributed by atoms with van der Waals surface area (Å²) in [5.74, 6) is 1.90. The quantitative estimate of drug-likeness (QED) is 0.800. The molecule has 1 N–H and O–H groups in total. The van der Waals surface area contributed by atoms with E-state index in [1.165, 1.54) is 4.90 Å². The van der Waals surface area contributed by atoms with Crippen molar-refractivity contribution < 1.29 is 14.0 Å². The fourth-order valence-corrected chi connectivity index (χ4v) is 4.86. The molecule has 4 rings (SSSR count). The highest BCUT2D eigenvalue weighted by atomic mass is 35.5. The molecule has 148 valence electrons. The number of hydrogen-bond donors (Lipinski definition) is 1. The van der Waals surface area contributed by atoms with Crippen LogP contribution in [-0.4, -0.2) is 53.7 Å². The van der Waals surface area contributed by atoms with Crippen molar-refractivity contribution in [2.24, 2.45) is 0 Å². The molecule has 1 fully saturated rings. The number of carbonyl (C=O) groups is 2. The predicted molar refractivity (Wildman–Crippen MR) is 109 cm³/mol. The number of urea groups is 1. The second-order valence-corrected chi connectivity index (χ2v) is 8.58. The summed E-state index contributed by atoms with van der Waals surface area (Å²) >= 11 is 7.94. The van der Waals surface area contributed by atoms with Gasteiger partial charge in [-0.05, 0) is 49.2 Å². The third-order valence-corrected chi connectivity index (χ3v) is 6.47. The fraction of sp³-hybridized carbons (Fsp3) is 0.400. The second kappa shape index (κ2) is 8.09. The van der Waals surface area contributed by atoms with Crippen LogP contribution in [0.3, 0.4) is 0 Å². The Bertz CT molecular complexity index is 893. The van der Waals surface area contributed by atoms with Crippen LogP contribution in [0.25, 0.3) is 0 Å². The van der Waals surface area contributed by atoms with Gasteiger partial charge in [-0.2, -0.15) is 0 Å². The van der Waals surface area contributed by atoms with Crippen molar-refractivity contribution in [3.8, 4) is 0 Å². The van der Waals surface area contributed by atoms with E-state index in [1.54, 1.807) is 33.7 Å². The second-order valence-electron chi connectivity index (χ2n) is 7.01. The molecule has 8 heteroatoms. The zero-order valence-corrected chi connectivity index (χ0v) is 17.2. The van der Waals surface area contributed by atoms with Crippen molar-refractivity contribution in [1.82, 2.24) is 15.1 Å². The molecule has 0 aliphatic carbocycles. The molecule has 1 aromatic carbocycles. The molecule has 1 saturated heterocycles. The van der Waals surface area contributed by atoms with E-state index < -0.39 is 0 Å². The molecule has 2 aromatic rings. The van der Waals surface area contributed by atoms with E-state index in [4.69, 9.17) is 16.0 Å². The number of carbonyl (C=O) groups excluding carboxylic acids is 2. The Kier molecular flexibility index (Phi) is 5.55. The summed E-state index contributed by atoms with van der Waals surface area (Å²) in [5, 5.41) is 3.83. The minimum Gasteiger partial charge on any atom is -0.456 e. The largest absolute Gasteiger partial charge is 0.456 e. The van der Waals surface area contributed by atoms with E-state index >= 15 is 0 Å². The van der Waals surface area contributed by atoms with Crippen molar-refractivity contribution in [3.63, 3.8) is 0 Å². The number of amides is 3. The summed E-state index contributed by atoms with van der Waals surface area (Å²) in [6.07, 6.45) is 0.875. The molecule has 0 saturated carbocycles. The number of hydrogen-bond acceptors (Lipinski definition) is 4. The number of benzene rings is 1. The first-order valence-electron chi connectivity index (χ1n) is 9.34. The van der Waals surface area contributed by atoms with Crippen LogP contribution in [0.15, 0.2) is 39.6 Å². The SMILES string of the molecule is Cc1ccc(C(=O)N2CCN(C(=O)NC3CCSc4ccc(Cl)cc43)CC2)o1. The van der Waals surface area contributed by atoms with Crippen LogP contribution in [-0.2, 0) is 0 Å². The Hall–Kier alpha value is -2.12. The van der Waals surface area contributed by atoms with Crippen molar-refractivity contribution in [2.75, 3.05) is 31.9 Å². The van der Waals surface area contributed by atoms with Gasteiger partial charge in [-0.3, -0.25) is 4.79 Å². The number of nitrogens with zero attached hydrogens (tertiary/aromatic N) is 2. The first-order chi connectivity index (χ1) is 13.5. The molecular weight excluding hydrogens is 398 g/mol. The zero-order chi connectivity index (χ0) is 19.7. The highest BCUT2D eigenvalue weighted by Gasteiger charge is 2.29. The Morgan fingerprint density at radius 2 is 1.89 bits per heavy atom. The smallest absolute Gasteiger partial charge is 0.318 e. The molecule has 2 aliphatic heterocycles. The first-order valence-corrected chi connectivity index (χ1v) is 10.7. The highest BCUT2D eigenvalue weighted by molar-refractivity contribution is 7.99. The third-order valence-electron chi connectivity index (χ3n) is 5.11. The summed E-state index contributed by atoms with van der Waals surface area (Å²) in [5.41, 5.74) is 1.08. The lowest BCUT2D eigenvalue weighted by atomic mass is 10.0. The molecule has 6 nitrogen and oxygen atoms in total. The normalized spacial score (nSPS) is 19.3. The van der Waals surface area contributed by atoms with Crippen LogP contribution in [0, 0.1) is 6.92 Å². The van der Waals surface area contributed by atoms with Crippen molar-refractivity contribution in [3.05, 3.63) is 52.4 Å². The van der Waals surface area contributed by atoms with E-state index in [2.05, 4.69) is 5.32 Å². The number of thioether (sulfide) groups is 1. The maximum absolute atomic E-state index is 12.8. The van der Waals surface area contributed by atoms with Gasteiger partial charge in [0.1, 0.15) is 5.76 Å². The number of piperazine rings is 1. The molecule has 1 atom stereocenters. The van der Waals surface area contributed by atoms with Crippen LogP contribution < -0.4 is 5.32 Å². The Labute approximate surface area is 173 Å². The monoisotopic (exact) mass is 419 g/mol. The molecule has 3 heterocycles. The zero-order valence-electron chi connectivity index (χ0n) is 15.6. The number of nitrogens with one attached hydrogen (secondary N) is 1. The molecule has 3 amide bonds. The molecule has 0 bridgehead atoms. The van der Waals surface area contributed by atoms with Gasteiger partial charge in [0.15, 0.2) is 5.76 Å². The van der Waals surface area contributed by atoms with Gasteiger partial charge in [-0.1, -0.05) is 11.6 Å². The van der Waals surface area contributed by atoms with Crippen LogP contribution in [0.5, 0.6) is 0 Å². The number of fused-ring (bicyclic) bond motifs is 1. The minimum atomic E-state index is -0.124. The van der Waals surface area contributed by atoms with Crippen LogP contribution in [0.1, 0.15) is 34.3 Å². The van der Waals surface area contributed by atoms with Gasteiger partial charge < -0.3 is 19.5 Å². The summed E-state index contributed by atoms with van der Waals surface area (Å²) in [6.45, 7) is 3.81. The number of rotatable bonds is 2. The van der Waals surface area contributed by atoms with Gasteiger partial charge in [0, 0.05) is 41.8 Å².